The highest BCUT2D eigenvalue weighted by molar-refractivity contribution is 5.91. The standard InChI is InChI=1S/C21H30O2/c1-13(22)17-6-7-18-16-5-4-14-12-15(23)8-10-20(14,2)19(16)9-11-21(17,18)3/h12,16-19H,4-11H2,1-3H3/t16-,17-,18-,19+,20+,21+/m1/s1. The first-order valence-electron chi connectivity index (χ1n) is 9.60. The number of hydrogen-bond acceptors (Lipinski definition) is 2. The molecule has 0 unspecified atom stereocenters. The molecular formula is C21H30O2. The van der Waals surface area contributed by atoms with Crippen LogP contribution in [0, 0.1) is 34.5 Å². The molecule has 0 aromatic heterocycles. The Bertz CT molecular complexity index is 589. The molecule has 23 heavy (non-hydrogen) atoms. The first-order chi connectivity index (χ1) is 10.9. The van der Waals surface area contributed by atoms with E-state index < -0.39 is 0 Å². The smallest absolute Gasteiger partial charge is 0.155 e. The summed E-state index contributed by atoms with van der Waals surface area (Å²) < 4.78 is 0. The Morgan fingerprint density at radius 2 is 1.83 bits per heavy atom. The molecule has 0 spiro atoms. The summed E-state index contributed by atoms with van der Waals surface area (Å²) in [4.78, 5) is 24.0. The highest BCUT2D eigenvalue weighted by Crippen LogP contribution is 2.66. The molecule has 0 saturated heterocycles. The number of rotatable bonds is 1. The fourth-order valence-electron chi connectivity index (χ4n) is 7.23. The maximum Gasteiger partial charge on any atom is 0.155 e. The van der Waals surface area contributed by atoms with Gasteiger partial charge >= 0.3 is 0 Å². The van der Waals surface area contributed by atoms with E-state index in [2.05, 4.69) is 13.8 Å². The summed E-state index contributed by atoms with van der Waals surface area (Å²) in [6.07, 6.45) is 10.9. The average molecular weight is 314 g/mol. The lowest BCUT2D eigenvalue weighted by molar-refractivity contribution is -0.128. The molecule has 126 valence electrons. The van der Waals surface area contributed by atoms with Crippen LogP contribution in [0.1, 0.15) is 72.1 Å². The first kappa shape index (κ1) is 15.6. The van der Waals surface area contributed by atoms with E-state index >= 15 is 0 Å². The van der Waals surface area contributed by atoms with E-state index in [1.165, 1.54) is 31.3 Å². The number of hydrogen-bond donors (Lipinski definition) is 0. The van der Waals surface area contributed by atoms with Crippen molar-refractivity contribution in [3.63, 3.8) is 0 Å². The number of ketones is 2. The van der Waals surface area contributed by atoms with E-state index in [1.54, 1.807) is 6.92 Å². The lowest BCUT2D eigenvalue weighted by Gasteiger charge is -2.58. The minimum Gasteiger partial charge on any atom is -0.300 e. The zero-order chi connectivity index (χ0) is 16.4. The Kier molecular flexibility index (Phi) is 3.42. The van der Waals surface area contributed by atoms with Crippen molar-refractivity contribution >= 4 is 11.6 Å². The lowest BCUT2D eigenvalue weighted by atomic mass is 9.47. The summed E-state index contributed by atoms with van der Waals surface area (Å²) in [5.41, 5.74) is 1.95. The zero-order valence-electron chi connectivity index (χ0n) is 14.9. The number of fused-ring (bicyclic) bond motifs is 5. The van der Waals surface area contributed by atoms with E-state index in [4.69, 9.17) is 0 Å². The van der Waals surface area contributed by atoms with Gasteiger partial charge in [-0.05, 0) is 86.5 Å². The SMILES string of the molecule is CC(=O)[C@H]1CC[C@@H]2[C@H]3CCC4=CC(=O)CC[C@]4(C)[C@H]3CC[C@@]12C. The van der Waals surface area contributed by atoms with Crippen LogP contribution >= 0.6 is 0 Å². The molecule has 0 radical (unpaired) electrons. The van der Waals surface area contributed by atoms with Crippen molar-refractivity contribution in [1.82, 2.24) is 0 Å². The quantitative estimate of drug-likeness (QED) is 0.701. The van der Waals surface area contributed by atoms with Crippen molar-refractivity contribution in [3.8, 4) is 0 Å². The Morgan fingerprint density at radius 1 is 1.04 bits per heavy atom. The maximum atomic E-state index is 12.1. The minimum absolute atomic E-state index is 0.245. The number of carbonyl (C=O) groups is 2. The van der Waals surface area contributed by atoms with Gasteiger partial charge in [-0.15, -0.1) is 0 Å². The van der Waals surface area contributed by atoms with Crippen molar-refractivity contribution in [2.45, 2.75) is 72.1 Å². The zero-order valence-corrected chi connectivity index (χ0v) is 14.9. The van der Waals surface area contributed by atoms with Crippen LogP contribution in [-0.2, 0) is 9.59 Å². The van der Waals surface area contributed by atoms with Gasteiger partial charge in [0.2, 0.25) is 0 Å². The summed E-state index contributed by atoms with van der Waals surface area (Å²) >= 11 is 0. The molecule has 0 amide bonds. The van der Waals surface area contributed by atoms with Gasteiger partial charge in [-0.25, -0.2) is 0 Å². The molecule has 2 nitrogen and oxygen atoms in total. The van der Waals surface area contributed by atoms with Crippen molar-refractivity contribution in [2.24, 2.45) is 34.5 Å². The third-order valence-electron chi connectivity index (χ3n) is 8.45. The molecule has 0 N–H and O–H groups in total. The monoisotopic (exact) mass is 314 g/mol. The molecule has 0 aliphatic heterocycles. The van der Waals surface area contributed by atoms with Crippen molar-refractivity contribution in [3.05, 3.63) is 11.6 Å². The second kappa shape index (κ2) is 5.04. The number of Topliss-reactive ketones (excluding diaryl/α,β-unsaturated/α-hetero) is 1. The van der Waals surface area contributed by atoms with E-state index in [-0.39, 0.29) is 10.8 Å². The number of carbonyl (C=O) groups excluding carboxylic acids is 2. The minimum atomic E-state index is 0.245. The average Bonchev–Trinajstić information content (AvgIpc) is 2.85. The third-order valence-corrected chi connectivity index (χ3v) is 8.45. The van der Waals surface area contributed by atoms with Gasteiger partial charge < -0.3 is 0 Å². The second-order valence-electron chi connectivity index (χ2n) is 9.25. The molecule has 6 atom stereocenters. The normalized spacial score (nSPS) is 49.0. The molecule has 4 aliphatic carbocycles. The Hall–Kier alpha value is -0.920. The fraction of sp³-hybridized carbons (Fsp3) is 0.810. The van der Waals surface area contributed by atoms with Crippen LogP contribution < -0.4 is 0 Å². The summed E-state index contributed by atoms with van der Waals surface area (Å²) in [5.74, 6) is 3.29. The van der Waals surface area contributed by atoms with Gasteiger partial charge in [0, 0.05) is 12.3 Å². The van der Waals surface area contributed by atoms with E-state index in [0.717, 1.165) is 43.4 Å². The van der Waals surface area contributed by atoms with Gasteiger partial charge in [-0.2, -0.15) is 0 Å². The topological polar surface area (TPSA) is 34.1 Å². The second-order valence-corrected chi connectivity index (χ2v) is 9.25. The van der Waals surface area contributed by atoms with Crippen LogP contribution in [0.5, 0.6) is 0 Å². The molecule has 2 heteroatoms. The van der Waals surface area contributed by atoms with Gasteiger partial charge in [0.1, 0.15) is 5.78 Å². The van der Waals surface area contributed by atoms with Crippen molar-refractivity contribution < 1.29 is 9.59 Å². The predicted octanol–water partition coefficient (Wildman–Crippen LogP) is 4.72. The number of allylic oxidation sites excluding steroid dienone is 1. The highest BCUT2D eigenvalue weighted by atomic mass is 16.1. The largest absolute Gasteiger partial charge is 0.300 e. The highest BCUT2D eigenvalue weighted by Gasteiger charge is 2.59. The molecule has 0 heterocycles. The summed E-state index contributed by atoms with van der Waals surface area (Å²) in [6.45, 7) is 6.65. The fourth-order valence-corrected chi connectivity index (χ4v) is 7.23. The maximum absolute atomic E-state index is 12.1. The van der Waals surface area contributed by atoms with Gasteiger partial charge in [0.15, 0.2) is 5.78 Å². The Balaban J connectivity index is 1.67. The van der Waals surface area contributed by atoms with E-state index in [1.807, 2.05) is 6.08 Å². The van der Waals surface area contributed by atoms with Gasteiger partial charge in [-0.1, -0.05) is 19.4 Å². The van der Waals surface area contributed by atoms with E-state index in [9.17, 15) is 9.59 Å². The van der Waals surface area contributed by atoms with Gasteiger partial charge in [0.25, 0.3) is 0 Å². The first-order valence-corrected chi connectivity index (χ1v) is 9.60. The van der Waals surface area contributed by atoms with Crippen LogP contribution in [0.4, 0.5) is 0 Å². The third kappa shape index (κ3) is 2.06. The summed E-state index contributed by atoms with van der Waals surface area (Å²) in [5, 5.41) is 0. The van der Waals surface area contributed by atoms with Crippen LogP contribution in [0.25, 0.3) is 0 Å². The molecule has 0 aromatic carbocycles. The van der Waals surface area contributed by atoms with Gasteiger partial charge in [0.05, 0.1) is 0 Å². The molecular weight excluding hydrogens is 284 g/mol. The Labute approximate surface area is 140 Å². The lowest BCUT2D eigenvalue weighted by Crippen LogP contribution is -2.51. The van der Waals surface area contributed by atoms with Crippen LogP contribution in [0.2, 0.25) is 0 Å². The summed E-state index contributed by atoms with van der Waals surface area (Å²) in [6, 6.07) is 0. The predicted molar refractivity (Wildman–Crippen MR) is 90.9 cm³/mol. The molecule has 0 aromatic rings. The molecule has 0 bridgehead atoms. The van der Waals surface area contributed by atoms with Crippen LogP contribution in [0.3, 0.4) is 0 Å². The van der Waals surface area contributed by atoms with Crippen LogP contribution in [0.15, 0.2) is 11.6 Å². The van der Waals surface area contributed by atoms with Gasteiger partial charge in [-0.3, -0.25) is 9.59 Å². The van der Waals surface area contributed by atoms with Crippen LogP contribution in [-0.4, -0.2) is 11.6 Å². The van der Waals surface area contributed by atoms with Crippen molar-refractivity contribution in [2.75, 3.05) is 0 Å². The molecule has 4 rings (SSSR count). The van der Waals surface area contributed by atoms with E-state index in [0.29, 0.717) is 17.5 Å². The molecule has 4 aliphatic rings. The molecule has 3 saturated carbocycles. The van der Waals surface area contributed by atoms with Crippen molar-refractivity contribution in [1.29, 1.82) is 0 Å². The summed E-state index contributed by atoms with van der Waals surface area (Å²) in [7, 11) is 0. The Morgan fingerprint density at radius 3 is 2.57 bits per heavy atom. The molecule has 3 fully saturated rings.